The zero-order valence-corrected chi connectivity index (χ0v) is 18.2. The van der Waals surface area contributed by atoms with E-state index in [1.165, 1.54) is 12.1 Å². The first-order chi connectivity index (χ1) is 13.8. The maximum atomic E-state index is 12.8. The van der Waals surface area contributed by atoms with Gasteiger partial charge >= 0.3 is 6.36 Å². The zero-order valence-electron chi connectivity index (χ0n) is 18.2. The second-order valence-electron chi connectivity index (χ2n) is 9.20. The maximum absolute atomic E-state index is 12.8. The summed E-state index contributed by atoms with van der Waals surface area (Å²) in [4.78, 5) is 12.8. The van der Waals surface area contributed by atoms with Crippen LogP contribution in [0.3, 0.4) is 0 Å². The van der Waals surface area contributed by atoms with Crippen LogP contribution < -0.4 is 10.1 Å². The molecule has 3 nitrogen and oxygen atoms in total. The summed E-state index contributed by atoms with van der Waals surface area (Å²) >= 11 is 0. The molecule has 0 aliphatic rings. The number of benzene rings is 2. The minimum Gasteiger partial charge on any atom is -0.406 e. The molecule has 2 aromatic rings. The fraction of sp³-hybridized carbons (Fsp3) is 0.458. The van der Waals surface area contributed by atoms with E-state index < -0.39 is 11.8 Å². The lowest BCUT2D eigenvalue weighted by Gasteiger charge is -2.31. The van der Waals surface area contributed by atoms with Gasteiger partial charge in [0.25, 0.3) is 0 Å². The highest BCUT2D eigenvalue weighted by Crippen LogP contribution is 2.37. The summed E-state index contributed by atoms with van der Waals surface area (Å²) in [5, 5.41) is 2.96. The molecule has 2 rings (SSSR count). The van der Waals surface area contributed by atoms with Gasteiger partial charge in [0.15, 0.2) is 0 Å². The number of hydrogen-bond acceptors (Lipinski definition) is 2. The highest BCUT2D eigenvalue weighted by Gasteiger charge is 2.34. The van der Waals surface area contributed by atoms with Crippen LogP contribution in [0.2, 0.25) is 0 Å². The zero-order chi connectivity index (χ0) is 22.6. The minimum atomic E-state index is -4.73. The number of halogens is 3. The van der Waals surface area contributed by atoms with E-state index in [-0.39, 0.29) is 17.1 Å². The van der Waals surface area contributed by atoms with Crippen molar-refractivity contribution < 1.29 is 22.7 Å². The van der Waals surface area contributed by atoms with Gasteiger partial charge in [-0.05, 0) is 60.9 Å². The van der Waals surface area contributed by atoms with Crippen molar-refractivity contribution in [1.82, 2.24) is 0 Å². The van der Waals surface area contributed by atoms with E-state index in [1.54, 1.807) is 12.1 Å². The van der Waals surface area contributed by atoms with E-state index in [2.05, 4.69) is 10.1 Å². The molecular formula is C24H30F3NO2. The van der Waals surface area contributed by atoms with Crippen LogP contribution in [0.25, 0.3) is 0 Å². The quantitative estimate of drug-likeness (QED) is 0.503. The number of nitrogens with one attached hydrogen (secondary N) is 1. The molecule has 0 atom stereocenters. The Morgan fingerprint density at radius 1 is 0.967 bits per heavy atom. The van der Waals surface area contributed by atoms with Crippen molar-refractivity contribution in [3.63, 3.8) is 0 Å². The van der Waals surface area contributed by atoms with Gasteiger partial charge in [-0.25, -0.2) is 0 Å². The number of alkyl halides is 3. The number of para-hydroxylation sites is 1. The van der Waals surface area contributed by atoms with Gasteiger partial charge in [0, 0.05) is 11.1 Å². The number of ether oxygens (including phenoxy) is 1. The van der Waals surface area contributed by atoms with Crippen LogP contribution in [0.5, 0.6) is 5.75 Å². The Labute approximate surface area is 176 Å². The van der Waals surface area contributed by atoms with Gasteiger partial charge in [-0.1, -0.05) is 58.0 Å². The van der Waals surface area contributed by atoms with E-state index in [0.717, 1.165) is 11.3 Å². The Balaban J connectivity index is 2.02. The second-order valence-corrected chi connectivity index (χ2v) is 9.20. The normalized spacial score (nSPS) is 12.5. The van der Waals surface area contributed by atoms with Gasteiger partial charge < -0.3 is 10.1 Å². The van der Waals surface area contributed by atoms with E-state index in [9.17, 15) is 18.0 Å². The molecule has 0 saturated carbocycles. The maximum Gasteiger partial charge on any atom is 0.573 e. The number of rotatable bonds is 8. The SMILES string of the molecule is Cc1cccc(NC(=O)C(C)(C)CCC(C)(C)Cc2ccccc2OC(F)(F)F)c1. The Bertz CT molecular complexity index is 873. The molecule has 0 bridgehead atoms. The first-order valence-corrected chi connectivity index (χ1v) is 9.99. The topological polar surface area (TPSA) is 38.3 Å². The van der Waals surface area contributed by atoms with Crippen molar-refractivity contribution in [2.45, 2.75) is 60.2 Å². The average molecular weight is 422 g/mol. The van der Waals surface area contributed by atoms with Crippen LogP contribution in [-0.2, 0) is 11.2 Å². The van der Waals surface area contributed by atoms with Gasteiger partial charge in [-0.2, -0.15) is 0 Å². The monoisotopic (exact) mass is 421 g/mol. The van der Waals surface area contributed by atoms with Crippen LogP contribution in [0.1, 0.15) is 51.7 Å². The lowest BCUT2D eigenvalue weighted by atomic mass is 9.75. The predicted octanol–water partition coefficient (Wildman–Crippen LogP) is 6.91. The molecule has 0 aliphatic carbocycles. The predicted molar refractivity (Wildman–Crippen MR) is 113 cm³/mol. The van der Waals surface area contributed by atoms with Gasteiger partial charge in [0.1, 0.15) is 5.75 Å². The molecular weight excluding hydrogens is 391 g/mol. The Hall–Kier alpha value is -2.50. The number of hydrogen-bond donors (Lipinski definition) is 1. The molecule has 0 unspecified atom stereocenters. The van der Waals surface area contributed by atoms with Crippen molar-refractivity contribution in [2.75, 3.05) is 5.32 Å². The highest BCUT2D eigenvalue weighted by atomic mass is 19.4. The summed E-state index contributed by atoms with van der Waals surface area (Å²) < 4.78 is 42.2. The smallest absolute Gasteiger partial charge is 0.406 e. The van der Waals surface area contributed by atoms with E-state index in [1.807, 2.05) is 58.9 Å². The lowest BCUT2D eigenvalue weighted by Crippen LogP contribution is -2.32. The fourth-order valence-electron chi connectivity index (χ4n) is 3.27. The number of carbonyl (C=O) groups is 1. The summed E-state index contributed by atoms with van der Waals surface area (Å²) in [6.07, 6.45) is -3.05. The van der Waals surface area contributed by atoms with Gasteiger partial charge in [-0.3, -0.25) is 4.79 Å². The molecule has 0 fully saturated rings. The van der Waals surface area contributed by atoms with Crippen LogP contribution in [0.15, 0.2) is 48.5 Å². The first kappa shape index (κ1) is 23.8. The third-order valence-corrected chi connectivity index (χ3v) is 5.18. The Morgan fingerprint density at radius 3 is 2.27 bits per heavy atom. The molecule has 164 valence electrons. The molecule has 0 aromatic heterocycles. The van der Waals surface area contributed by atoms with Crippen LogP contribution in [-0.4, -0.2) is 12.3 Å². The summed E-state index contributed by atoms with van der Waals surface area (Å²) in [7, 11) is 0. The Morgan fingerprint density at radius 2 is 1.63 bits per heavy atom. The van der Waals surface area contributed by atoms with Gasteiger partial charge in [0.2, 0.25) is 5.91 Å². The molecule has 0 heterocycles. The molecule has 2 aromatic carbocycles. The molecule has 0 spiro atoms. The summed E-state index contributed by atoms with van der Waals surface area (Å²) in [5.74, 6) is -0.251. The van der Waals surface area contributed by atoms with Crippen LogP contribution in [0.4, 0.5) is 18.9 Å². The van der Waals surface area contributed by atoms with Gasteiger partial charge in [-0.15, -0.1) is 13.2 Å². The molecule has 1 N–H and O–H groups in total. The highest BCUT2D eigenvalue weighted by molar-refractivity contribution is 5.94. The number of aryl methyl sites for hydroxylation is 1. The largest absolute Gasteiger partial charge is 0.573 e. The van der Waals surface area contributed by atoms with E-state index >= 15 is 0 Å². The van der Waals surface area contributed by atoms with Crippen molar-refractivity contribution in [2.24, 2.45) is 10.8 Å². The second kappa shape index (κ2) is 9.11. The molecule has 0 saturated heterocycles. The van der Waals surface area contributed by atoms with E-state index in [4.69, 9.17) is 0 Å². The molecule has 30 heavy (non-hydrogen) atoms. The van der Waals surface area contributed by atoms with Crippen molar-refractivity contribution >= 4 is 11.6 Å². The number of carbonyl (C=O) groups excluding carboxylic acids is 1. The third-order valence-electron chi connectivity index (χ3n) is 5.18. The molecule has 0 radical (unpaired) electrons. The third kappa shape index (κ3) is 7.39. The fourth-order valence-corrected chi connectivity index (χ4v) is 3.27. The summed E-state index contributed by atoms with van der Waals surface area (Å²) in [5.41, 5.74) is 1.38. The molecule has 6 heteroatoms. The van der Waals surface area contributed by atoms with Crippen molar-refractivity contribution in [3.05, 3.63) is 59.7 Å². The number of amides is 1. The lowest BCUT2D eigenvalue weighted by molar-refractivity contribution is -0.275. The summed E-state index contributed by atoms with van der Waals surface area (Å²) in [6, 6.07) is 13.8. The molecule has 0 aliphatic heterocycles. The first-order valence-electron chi connectivity index (χ1n) is 9.99. The average Bonchev–Trinajstić information content (AvgIpc) is 2.60. The number of anilines is 1. The van der Waals surface area contributed by atoms with Crippen LogP contribution >= 0.6 is 0 Å². The Kier molecular flexibility index (Phi) is 7.22. The van der Waals surface area contributed by atoms with Crippen LogP contribution in [0, 0.1) is 17.8 Å². The van der Waals surface area contributed by atoms with Crippen molar-refractivity contribution in [3.8, 4) is 5.75 Å². The summed E-state index contributed by atoms with van der Waals surface area (Å²) in [6.45, 7) is 9.71. The van der Waals surface area contributed by atoms with Gasteiger partial charge in [0.05, 0.1) is 0 Å². The van der Waals surface area contributed by atoms with E-state index in [0.29, 0.717) is 24.8 Å². The minimum absolute atomic E-state index is 0.0790. The molecule has 1 amide bonds. The van der Waals surface area contributed by atoms with Crippen molar-refractivity contribution in [1.29, 1.82) is 0 Å². The standard InChI is InChI=1S/C24H30F3NO2/c1-17-9-8-11-19(15-17)28-21(29)23(4,5)14-13-22(2,3)16-18-10-6-7-12-20(18)30-24(25,26)27/h6-12,15H,13-14,16H2,1-5H3,(H,28,29).